The molecule has 0 aliphatic heterocycles. The molecule has 0 aliphatic carbocycles. The summed E-state index contributed by atoms with van der Waals surface area (Å²) in [6.45, 7) is 0. The van der Waals surface area contributed by atoms with Crippen molar-refractivity contribution in [1.29, 1.82) is 0 Å². The van der Waals surface area contributed by atoms with Gasteiger partial charge in [-0.05, 0) is 82.6 Å². The van der Waals surface area contributed by atoms with Gasteiger partial charge in [-0.15, -0.1) is 11.8 Å². The monoisotopic (exact) mass is 693 g/mol. The van der Waals surface area contributed by atoms with Gasteiger partial charge >= 0.3 is 0 Å². The molecule has 0 spiro atoms. The van der Waals surface area contributed by atoms with Crippen molar-refractivity contribution in [2.75, 3.05) is 24.9 Å². The summed E-state index contributed by atoms with van der Waals surface area (Å²) in [6.07, 6.45) is 1.57. The van der Waals surface area contributed by atoms with Gasteiger partial charge in [-0.25, -0.2) is 0 Å². The van der Waals surface area contributed by atoms with E-state index in [2.05, 4.69) is 16.0 Å². The smallest absolute Gasteiger partial charge is 0.272 e. The standard InChI is InChI=1S/C42H35N3O5S/c1-49-37-23-20-28(25-38(37)50-2)24-36(45-40(46)31-15-7-4-8-16-31)41(47)43-33-18-11-19-35(27-33)51-39(30-13-5-3-6-14-30)42(48)44-34-22-21-29-12-9-10-17-32(29)26-34/h3-27,39H,1-2H3,(H,43,47)(H,44,48)(H,45,46)/b36-24+. The molecule has 0 saturated heterocycles. The van der Waals surface area contributed by atoms with E-state index < -0.39 is 17.1 Å². The minimum Gasteiger partial charge on any atom is -0.493 e. The third-order valence-electron chi connectivity index (χ3n) is 7.95. The van der Waals surface area contributed by atoms with Crippen LogP contribution in [0.1, 0.15) is 26.7 Å². The number of carbonyl (C=O) groups excluding carboxylic acids is 3. The highest BCUT2D eigenvalue weighted by molar-refractivity contribution is 8.00. The van der Waals surface area contributed by atoms with Crippen LogP contribution < -0.4 is 25.4 Å². The van der Waals surface area contributed by atoms with E-state index in [1.165, 1.54) is 26.0 Å². The summed E-state index contributed by atoms with van der Waals surface area (Å²) < 4.78 is 10.8. The molecule has 1 atom stereocenters. The Hall–Kier alpha value is -6.32. The number of rotatable bonds is 12. The van der Waals surface area contributed by atoms with Crippen LogP contribution in [0.4, 0.5) is 11.4 Å². The lowest BCUT2D eigenvalue weighted by Crippen LogP contribution is -2.30. The molecule has 51 heavy (non-hydrogen) atoms. The Bertz CT molecular complexity index is 2210. The lowest BCUT2D eigenvalue weighted by Gasteiger charge is -2.18. The maximum Gasteiger partial charge on any atom is 0.272 e. The number of thioether (sulfide) groups is 1. The number of methoxy groups -OCH3 is 2. The summed E-state index contributed by atoms with van der Waals surface area (Å²) in [7, 11) is 3.06. The second-order valence-corrected chi connectivity index (χ2v) is 12.6. The molecule has 0 saturated carbocycles. The molecule has 8 nitrogen and oxygen atoms in total. The summed E-state index contributed by atoms with van der Waals surface area (Å²) in [5.41, 5.74) is 3.05. The van der Waals surface area contributed by atoms with Gasteiger partial charge in [0.15, 0.2) is 11.5 Å². The highest BCUT2D eigenvalue weighted by Crippen LogP contribution is 2.37. The Balaban J connectivity index is 1.24. The van der Waals surface area contributed by atoms with Crippen molar-refractivity contribution in [3.05, 3.63) is 168 Å². The van der Waals surface area contributed by atoms with Crippen molar-refractivity contribution in [3.8, 4) is 11.5 Å². The number of anilines is 2. The number of benzene rings is 6. The fourth-order valence-corrected chi connectivity index (χ4v) is 6.49. The number of ether oxygens (including phenoxy) is 2. The van der Waals surface area contributed by atoms with Gasteiger partial charge in [0.05, 0.1) is 14.2 Å². The molecule has 6 rings (SSSR count). The second-order valence-electron chi connectivity index (χ2n) is 11.4. The number of fused-ring (bicyclic) bond motifs is 1. The molecule has 3 N–H and O–H groups in total. The van der Waals surface area contributed by atoms with E-state index in [4.69, 9.17) is 9.47 Å². The van der Waals surface area contributed by atoms with E-state index >= 15 is 0 Å². The van der Waals surface area contributed by atoms with Crippen LogP contribution in [0.25, 0.3) is 16.8 Å². The summed E-state index contributed by atoms with van der Waals surface area (Å²) in [6, 6.07) is 44.5. The van der Waals surface area contributed by atoms with Crippen molar-refractivity contribution in [2.45, 2.75) is 10.1 Å². The minimum absolute atomic E-state index is 0.0195. The van der Waals surface area contributed by atoms with Gasteiger partial charge in [0.25, 0.3) is 11.8 Å². The zero-order valence-electron chi connectivity index (χ0n) is 28.0. The molecular formula is C42H35N3O5S. The molecule has 254 valence electrons. The van der Waals surface area contributed by atoms with Gasteiger partial charge in [-0.3, -0.25) is 14.4 Å². The molecule has 0 aromatic heterocycles. The van der Waals surface area contributed by atoms with Crippen LogP contribution in [-0.4, -0.2) is 31.9 Å². The van der Waals surface area contributed by atoms with Crippen LogP contribution >= 0.6 is 11.8 Å². The highest BCUT2D eigenvalue weighted by atomic mass is 32.2. The fourth-order valence-electron chi connectivity index (χ4n) is 5.41. The molecule has 0 aliphatic rings. The molecule has 9 heteroatoms. The zero-order chi connectivity index (χ0) is 35.6. The third-order valence-corrected chi connectivity index (χ3v) is 9.20. The molecule has 1 unspecified atom stereocenters. The predicted octanol–water partition coefficient (Wildman–Crippen LogP) is 8.74. The van der Waals surface area contributed by atoms with Gasteiger partial charge in [0.1, 0.15) is 10.9 Å². The first-order valence-corrected chi connectivity index (χ1v) is 17.0. The van der Waals surface area contributed by atoms with Gasteiger partial charge in [0, 0.05) is 21.8 Å². The normalized spacial score (nSPS) is 11.7. The summed E-state index contributed by atoms with van der Waals surface area (Å²) >= 11 is 1.37. The van der Waals surface area contributed by atoms with Gasteiger partial charge in [-0.1, -0.05) is 91.0 Å². The van der Waals surface area contributed by atoms with Crippen molar-refractivity contribution < 1.29 is 23.9 Å². The summed E-state index contributed by atoms with van der Waals surface area (Å²) in [4.78, 5) is 41.6. The van der Waals surface area contributed by atoms with Crippen LogP contribution in [0.3, 0.4) is 0 Å². The molecule has 6 aromatic carbocycles. The first-order valence-electron chi connectivity index (χ1n) is 16.1. The number of hydrogen-bond acceptors (Lipinski definition) is 6. The van der Waals surface area contributed by atoms with Crippen LogP contribution in [0.5, 0.6) is 11.5 Å². The lowest BCUT2D eigenvalue weighted by atomic mass is 10.1. The molecule has 3 amide bonds. The van der Waals surface area contributed by atoms with E-state index in [1.807, 2.05) is 91.0 Å². The van der Waals surface area contributed by atoms with E-state index in [9.17, 15) is 14.4 Å². The Labute approximate surface area is 300 Å². The summed E-state index contributed by atoms with van der Waals surface area (Å²) in [5.74, 6) is -0.153. The van der Waals surface area contributed by atoms with Crippen LogP contribution in [0, 0.1) is 0 Å². The summed E-state index contributed by atoms with van der Waals surface area (Å²) in [5, 5.41) is 10.3. The molecule has 0 radical (unpaired) electrons. The SMILES string of the molecule is COc1ccc(/C=C(/NC(=O)c2ccccc2)C(=O)Nc2cccc(SC(C(=O)Nc3ccc4ccccc4c3)c3ccccc3)c2)cc1OC. The number of carbonyl (C=O) groups is 3. The Kier molecular flexibility index (Phi) is 11.1. The van der Waals surface area contributed by atoms with E-state index in [-0.39, 0.29) is 11.6 Å². The van der Waals surface area contributed by atoms with Crippen LogP contribution in [-0.2, 0) is 9.59 Å². The van der Waals surface area contributed by atoms with E-state index in [0.717, 1.165) is 21.2 Å². The quantitative estimate of drug-likeness (QED) is 0.0875. The molecule has 0 heterocycles. The first-order chi connectivity index (χ1) is 24.9. The van der Waals surface area contributed by atoms with Gasteiger partial charge in [0.2, 0.25) is 5.91 Å². The van der Waals surface area contributed by atoms with Crippen molar-refractivity contribution in [3.63, 3.8) is 0 Å². The van der Waals surface area contributed by atoms with Gasteiger partial charge in [-0.2, -0.15) is 0 Å². The lowest BCUT2D eigenvalue weighted by molar-refractivity contribution is -0.116. The highest BCUT2D eigenvalue weighted by Gasteiger charge is 2.23. The maximum absolute atomic E-state index is 13.8. The predicted molar refractivity (Wildman–Crippen MR) is 204 cm³/mol. The van der Waals surface area contributed by atoms with Crippen molar-refractivity contribution >= 4 is 57.7 Å². The fraction of sp³-hybridized carbons (Fsp3) is 0.0714. The van der Waals surface area contributed by atoms with Crippen LogP contribution in [0.15, 0.2) is 156 Å². The molecule has 6 aromatic rings. The average Bonchev–Trinajstić information content (AvgIpc) is 3.17. The van der Waals surface area contributed by atoms with Crippen LogP contribution in [0.2, 0.25) is 0 Å². The van der Waals surface area contributed by atoms with Crippen molar-refractivity contribution in [2.24, 2.45) is 0 Å². The molecule has 0 bridgehead atoms. The van der Waals surface area contributed by atoms with E-state index in [1.54, 1.807) is 60.7 Å². The number of nitrogens with one attached hydrogen (secondary N) is 3. The zero-order valence-corrected chi connectivity index (χ0v) is 28.8. The Morgan fingerprint density at radius 3 is 2.06 bits per heavy atom. The van der Waals surface area contributed by atoms with Crippen molar-refractivity contribution in [1.82, 2.24) is 5.32 Å². The minimum atomic E-state index is -0.589. The molecular weight excluding hydrogens is 659 g/mol. The third kappa shape index (κ3) is 8.83. The molecule has 0 fully saturated rings. The Morgan fingerprint density at radius 2 is 1.31 bits per heavy atom. The topological polar surface area (TPSA) is 106 Å². The first kappa shape index (κ1) is 34.5. The number of hydrogen-bond donors (Lipinski definition) is 3. The number of amides is 3. The van der Waals surface area contributed by atoms with Gasteiger partial charge < -0.3 is 25.4 Å². The van der Waals surface area contributed by atoms with E-state index in [0.29, 0.717) is 34.0 Å². The Morgan fingerprint density at radius 1 is 0.627 bits per heavy atom. The average molecular weight is 694 g/mol. The maximum atomic E-state index is 13.8. The second kappa shape index (κ2) is 16.4. The largest absolute Gasteiger partial charge is 0.493 e.